The van der Waals surface area contributed by atoms with Crippen molar-refractivity contribution in [3.05, 3.63) is 34.9 Å². The first kappa shape index (κ1) is 10.8. The maximum atomic E-state index is 5.91. The number of nitrogens with zero attached hydrogens (tertiary/aromatic N) is 2. The molecule has 0 fully saturated rings. The van der Waals surface area contributed by atoms with Gasteiger partial charge in [-0.05, 0) is 24.6 Å². The number of nitrogen functional groups attached to an aromatic ring is 1. The van der Waals surface area contributed by atoms with E-state index in [1.165, 1.54) is 0 Å². The first-order valence-corrected chi connectivity index (χ1v) is 5.23. The molecule has 5 nitrogen and oxygen atoms in total. The summed E-state index contributed by atoms with van der Waals surface area (Å²) in [5, 5.41) is 10.3. The predicted octanol–water partition coefficient (Wildman–Crippen LogP) is 2.21. The summed E-state index contributed by atoms with van der Waals surface area (Å²) in [6.45, 7) is 2.00. The van der Waals surface area contributed by atoms with Crippen LogP contribution in [0.3, 0.4) is 0 Å². The molecular formula is C10H12ClN5. The minimum absolute atomic E-state index is 0.0638. The van der Waals surface area contributed by atoms with E-state index in [2.05, 4.69) is 20.5 Å². The lowest BCUT2D eigenvalue weighted by atomic mass is 10.1. The van der Waals surface area contributed by atoms with E-state index in [0.29, 0.717) is 16.9 Å². The molecule has 0 aliphatic carbocycles. The molecule has 0 saturated heterocycles. The van der Waals surface area contributed by atoms with Crippen LogP contribution in [0.15, 0.2) is 24.3 Å². The third-order valence-electron chi connectivity index (χ3n) is 2.20. The van der Waals surface area contributed by atoms with E-state index < -0.39 is 0 Å². The number of anilines is 2. The Hall–Kier alpha value is -1.75. The van der Waals surface area contributed by atoms with E-state index in [4.69, 9.17) is 17.3 Å². The SMILES string of the molecule is CC(Nc1n[nH]c(N)n1)c1cccc(Cl)c1. The largest absolute Gasteiger partial charge is 0.368 e. The van der Waals surface area contributed by atoms with E-state index in [-0.39, 0.29) is 6.04 Å². The summed E-state index contributed by atoms with van der Waals surface area (Å²) >= 11 is 5.91. The Bertz CT molecular complexity index is 482. The minimum atomic E-state index is 0.0638. The van der Waals surface area contributed by atoms with Gasteiger partial charge in [-0.25, -0.2) is 5.10 Å². The van der Waals surface area contributed by atoms with Crippen molar-refractivity contribution < 1.29 is 0 Å². The van der Waals surface area contributed by atoms with Crippen molar-refractivity contribution in [2.75, 3.05) is 11.1 Å². The zero-order chi connectivity index (χ0) is 11.5. The number of aromatic nitrogens is 3. The number of halogens is 1. The molecule has 1 heterocycles. The van der Waals surface area contributed by atoms with Crippen molar-refractivity contribution in [1.82, 2.24) is 15.2 Å². The van der Waals surface area contributed by atoms with Crippen molar-refractivity contribution in [3.8, 4) is 0 Å². The second-order valence-electron chi connectivity index (χ2n) is 3.47. The molecule has 0 amide bonds. The fourth-order valence-corrected chi connectivity index (χ4v) is 1.59. The second-order valence-corrected chi connectivity index (χ2v) is 3.90. The molecular weight excluding hydrogens is 226 g/mol. The summed E-state index contributed by atoms with van der Waals surface area (Å²) in [4.78, 5) is 3.97. The summed E-state index contributed by atoms with van der Waals surface area (Å²) in [5.74, 6) is 0.769. The molecule has 0 aliphatic rings. The molecule has 0 bridgehead atoms. The van der Waals surface area contributed by atoms with Crippen LogP contribution in [0.5, 0.6) is 0 Å². The van der Waals surface area contributed by atoms with Crippen molar-refractivity contribution in [2.45, 2.75) is 13.0 Å². The zero-order valence-corrected chi connectivity index (χ0v) is 9.49. The molecule has 1 aromatic carbocycles. The smallest absolute Gasteiger partial charge is 0.244 e. The van der Waals surface area contributed by atoms with E-state index in [1.54, 1.807) is 0 Å². The first-order chi connectivity index (χ1) is 7.65. The van der Waals surface area contributed by atoms with Gasteiger partial charge < -0.3 is 11.1 Å². The summed E-state index contributed by atoms with van der Waals surface area (Å²) in [7, 11) is 0. The van der Waals surface area contributed by atoms with Crippen LogP contribution in [-0.2, 0) is 0 Å². The molecule has 0 aliphatic heterocycles. The number of H-pyrrole nitrogens is 1. The third kappa shape index (κ3) is 2.43. The number of nitrogens with one attached hydrogen (secondary N) is 2. The first-order valence-electron chi connectivity index (χ1n) is 4.85. The van der Waals surface area contributed by atoms with Gasteiger partial charge in [-0.2, -0.15) is 4.98 Å². The van der Waals surface area contributed by atoms with Crippen molar-refractivity contribution in [3.63, 3.8) is 0 Å². The fraction of sp³-hybridized carbons (Fsp3) is 0.200. The maximum absolute atomic E-state index is 5.91. The van der Waals surface area contributed by atoms with Crippen LogP contribution in [0.25, 0.3) is 0 Å². The molecule has 1 aromatic heterocycles. The Morgan fingerprint density at radius 1 is 1.50 bits per heavy atom. The highest BCUT2D eigenvalue weighted by molar-refractivity contribution is 6.30. The zero-order valence-electron chi connectivity index (χ0n) is 8.74. The minimum Gasteiger partial charge on any atom is -0.368 e. The molecule has 6 heteroatoms. The molecule has 2 aromatic rings. The molecule has 2 rings (SSSR count). The maximum Gasteiger partial charge on any atom is 0.244 e. The van der Waals surface area contributed by atoms with Crippen LogP contribution < -0.4 is 11.1 Å². The van der Waals surface area contributed by atoms with Crippen molar-refractivity contribution >= 4 is 23.5 Å². The lowest BCUT2D eigenvalue weighted by Gasteiger charge is -2.12. The molecule has 84 valence electrons. The van der Waals surface area contributed by atoms with Crippen LogP contribution in [0.1, 0.15) is 18.5 Å². The number of aromatic amines is 1. The van der Waals surface area contributed by atoms with Crippen LogP contribution in [-0.4, -0.2) is 15.2 Å². The standard InChI is InChI=1S/C10H12ClN5/c1-6(7-3-2-4-8(11)5-7)13-10-14-9(12)15-16-10/h2-6H,1H3,(H4,12,13,14,15,16). The Morgan fingerprint density at radius 2 is 2.31 bits per heavy atom. The highest BCUT2D eigenvalue weighted by Crippen LogP contribution is 2.20. The number of hydrogen-bond acceptors (Lipinski definition) is 4. The van der Waals surface area contributed by atoms with Gasteiger partial charge in [0.25, 0.3) is 0 Å². The number of rotatable bonds is 3. The monoisotopic (exact) mass is 237 g/mol. The van der Waals surface area contributed by atoms with E-state index in [1.807, 2.05) is 31.2 Å². The Balaban J connectivity index is 2.11. The number of benzene rings is 1. The Labute approximate surface area is 98.0 Å². The van der Waals surface area contributed by atoms with Crippen LogP contribution in [0.4, 0.5) is 11.9 Å². The van der Waals surface area contributed by atoms with Gasteiger partial charge in [0, 0.05) is 5.02 Å². The van der Waals surface area contributed by atoms with Crippen LogP contribution in [0.2, 0.25) is 5.02 Å². The molecule has 0 spiro atoms. The van der Waals surface area contributed by atoms with Crippen molar-refractivity contribution in [2.24, 2.45) is 0 Å². The summed E-state index contributed by atoms with van der Waals surface area (Å²) < 4.78 is 0. The third-order valence-corrected chi connectivity index (χ3v) is 2.43. The molecule has 0 radical (unpaired) electrons. The van der Waals surface area contributed by atoms with E-state index >= 15 is 0 Å². The van der Waals surface area contributed by atoms with Gasteiger partial charge in [-0.1, -0.05) is 23.7 Å². The van der Waals surface area contributed by atoms with Crippen LogP contribution in [0, 0.1) is 0 Å². The summed E-state index contributed by atoms with van der Waals surface area (Å²) in [5.41, 5.74) is 6.49. The van der Waals surface area contributed by atoms with E-state index in [9.17, 15) is 0 Å². The van der Waals surface area contributed by atoms with Crippen LogP contribution >= 0.6 is 11.6 Å². The highest BCUT2D eigenvalue weighted by atomic mass is 35.5. The van der Waals surface area contributed by atoms with Gasteiger partial charge in [0.15, 0.2) is 0 Å². The topological polar surface area (TPSA) is 79.6 Å². The highest BCUT2D eigenvalue weighted by Gasteiger charge is 2.08. The quantitative estimate of drug-likeness (QED) is 0.765. The second kappa shape index (κ2) is 4.40. The Kier molecular flexibility index (Phi) is 2.96. The van der Waals surface area contributed by atoms with E-state index in [0.717, 1.165) is 5.56 Å². The van der Waals surface area contributed by atoms with Gasteiger partial charge in [0.1, 0.15) is 0 Å². The summed E-state index contributed by atoms with van der Waals surface area (Å²) in [6, 6.07) is 7.69. The average Bonchev–Trinajstić information content (AvgIpc) is 2.64. The normalized spacial score (nSPS) is 12.4. The molecule has 4 N–H and O–H groups in total. The number of hydrogen-bond donors (Lipinski definition) is 3. The molecule has 16 heavy (non-hydrogen) atoms. The Morgan fingerprint density at radius 3 is 2.94 bits per heavy atom. The molecule has 0 saturated carbocycles. The summed E-state index contributed by atoms with van der Waals surface area (Å²) in [6.07, 6.45) is 0. The van der Waals surface area contributed by atoms with Crippen molar-refractivity contribution in [1.29, 1.82) is 0 Å². The molecule has 1 unspecified atom stereocenters. The fourth-order valence-electron chi connectivity index (χ4n) is 1.39. The van der Waals surface area contributed by atoms with Gasteiger partial charge in [-0.15, -0.1) is 5.10 Å². The van der Waals surface area contributed by atoms with Gasteiger partial charge in [0.05, 0.1) is 6.04 Å². The number of nitrogens with two attached hydrogens (primary N) is 1. The van der Waals surface area contributed by atoms with Gasteiger partial charge >= 0.3 is 0 Å². The lowest BCUT2D eigenvalue weighted by molar-refractivity contribution is 0.862. The predicted molar refractivity (Wildman–Crippen MR) is 64.3 cm³/mol. The average molecular weight is 238 g/mol. The lowest BCUT2D eigenvalue weighted by Crippen LogP contribution is -2.07. The van der Waals surface area contributed by atoms with Gasteiger partial charge in [0.2, 0.25) is 11.9 Å². The molecule has 1 atom stereocenters. The van der Waals surface area contributed by atoms with Gasteiger partial charge in [-0.3, -0.25) is 0 Å².